The summed E-state index contributed by atoms with van der Waals surface area (Å²) in [5.41, 5.74) is -2.06. The van der Waals surface area contributed by atoms with Crippen LogP contribution in [0.5, 0.6) is 5.75 Å². The predicted molar refractivity (Wildman–Crippen MR) is 62.4 cm³/mol. The number of nitrogens with zero attached hydrogens (tertiary/aromatic N) is 2. The van der Waals surface area contributed by atoms with Crippen molar-refractivity contribution in [3.05, 3.63) is 37.9 Å². The van der Waals surface area contributed by atoms with Gasteiger partial charge in [0, 0.05) is 13.0 Å². The van der Waals surface area contributed by atoms with Crippen LogP contribution in [0.4, 0.5) is 11.4 Å². The number of hydrogen-bond acceptors (Lipinski definition) is 8. The SMILES string of the molecule is COc1c(C(=O)OC(C)=O)cc([N+](=O)[O-])cc1[N+](=O)[O-]. The van der Waals surface area contributed by atoms with Crippen LogP contribution < -0.4 is 4.74 Å². The molecule has 0 bridgehead atoms. The number of nitro benzene ring substituents is 2. The first-order valence-electron chi connectivity index (χ1n) is 5.01. The van der Waals surface area contributed by atoms with Crippen LogP contribution in [-0.2, 0) is 9.53 Å². The van der Waals surface area contributed by atoms with Crippen LogP contribution in [0.3, 0.4) is 0 Å². The fourth-order valence-electron chi connectivity index (χ4n) is 1.39. The van der Waals surface area contributed by atoms with Gasteiger partial charge in [-0.05, 0) is 0 Å². The van der Waals surface area contributed by atoms with Gasteiger partial charge in [-0.1, -0.05) is 0 Å². The molecule has 0 unspecified atom stereocenters. The van der Waals surface area contributed by atoms with E-state index in [9.17, 15) is 29.8 Å². The number of non-ortho nitro benzene ring substituents is 1. The van der Waals surface area contributed by atoms with Gasteiger partial charge in [0.05, 0.1) is 23.0 Å². The van der Waals surface area contributed by atoms with Crippen molar-refractivity contribution in [3.63, 3.8) is 0 Å². The Hall–Kier alpha value is -3.04. The van der Waals surface area contributed by atoms with E-state index in [2.05, 4.69) is 4.74 Å². The summed E-state index contributed by atoms with van der Waals surface area (Å²) in [6.07, 6.45) is 0. The Bertz CT molecular complexity index is 610. The molecule has 0 saturated heterocycles. The Morgan fingerprint density at radius 2 is 1.75 bits per heavy atom. The predicted octanol–water partition coefficient (Wildman–Crippen LogP) is 1.21. The van der Waals surface area contributed by atoms with Gasteiger partial charge in [-0.25, -0.2) is 4.79 Å². The minimum Gasteiger partial charge on any atom is -0.490 e. The molecule has 1 aromatic carbocycles. The highest BCUT2D eigenvalue weighted by Gasteiger charge is 2.29. The third-order valence-corrected chi connectivity index (χ3v) is 2.12. The quantitative estimate of drug-likeness (QED) is 0.348. The fourth-order valence-corrected chi connectivity index (χ4v) is 1.39. The molecule has 0 amide bonds. The standard InChI is InChI=1S/C10H8N2O8/c1-5(13)20-10(14)7-3-6(11(15)16)4-8(12(17)18)9(7)19-2/h3-4H,1-2H3. The maximum Gasteiger partial charge on any atom is 0.350 e. The van der Waals surface area contributed by atoms with E-state index in [1.807, 2.05) is 0 Å². The molecule has 0 atom stereocenters. The van der Waals surface area contributed by atoms with Gasteiger partial charge in [0.1, 0.15) is 5.56 Å². The van der Waals surface area contributed by atoms with E-state index in [0.717, 1.165) is 20.1 Å². The Balaban J connectivity index is 3.54. The lowest BCUT2D eigenvalue weighted by atomic mass is 10.1. The molecule has 1 aromatic rings. The first-order chi connectivity index (χ1) is 9.27. The summed E-state index contributed by atoms with van der Waals surface area (Å²) < 4.78 is 8.94. The topological polar surface area (TPSA) is 139 Å². The van der Waals surface area contributed by atoms with Gasteiger partial charge in [-0.3, -0.25) is 25.0 Å². The second-order valence-electron chi connectivity index (χ2n) is 3.44. The Labute approximate surface area is 111 Å². The Morgan fingerprint density at radius 1 is 1.15 bits per heavy atom. The van der Waals surface area contributed by atoms with Gasteiger partial charge in [-0.2, -0.15) is 0 Å². The highest BCUT2D eigenvalue weighted by atomic mass is 16.6. The smallest absolute Gasteiger partial charge is 0.350 e. The maximum absolute atomic E-state index is 11.6. The molecule has 20 heavy (non-hydrogen) atoms. The van der Waals surface area contributed by atoms with Crippen molar-refractivity contribution < 1.29 is 28.9 Å². The number of esters is 2. The number of rotatable bonds is 4. The molecule has 10 nitrogen and oxygen atoms in total. The molecule has 0 N–H and O–H groups in total. The summed E-state index contributed by atoms with van der Waals surface area (Å²) >= 11 is 0. The number of ether oxygens (including phenoxy) is 2. The van der Waals surface area contributed by atoms with Crippen LogP contribution in [0.2, 0.25) is 0 Å². The molecular weight excluding hydrogens is 276 g/mol. The van der Waals surface area contributed by atoms with Gasteiger partial charge in [-0.15, -0.1) is 0 Å². The molecule has 0 saturated carbocycles. The van der Waals surface area contributed by atoms with Gasteiger partial charge in [0.15, 0.2) is 0 Å². The van der Waals surface area contributed by atoms with E-state index in [0.29, 0.717) is 6.07 Å². The second kappa shape index (κ2) is 5.73. The Kier molecular flexibility index (Phi) is 4.31. The lowest BCUT2D eigenvalue weighted by Crippen LogP contribution is -2.12. The van der Waals surface area contributed by atoms with Gasteiger partial charge in [0.25, 0.3) is 5.69 Å². The number of benzene rings is 1. The van der Waals surface area contributed by atoms with Gasteiger partial charge < -0.3 is 9.47 Å². The zero-order valence-corrected chi connectivity index (χ0v) is 10.3. The number of hydrogen-bond donors (Lipinski definition) is 0. The molecule has 0 aliphatic carbocycles. The molecule has 0 heterocycles. The molecule has 106 valence electrons. The van der Waals surface area contributed by atoms with Gasteiger partial charge >= 0.3 is 17.6 Å². The molecule has 1 rings (SSSR count). The summed E-state index contributed by atoms with van der Waals surface area (Å²) in [4.78, 5) is 42.0. The summed E-state index contributed by atoms with van der Waals surface area (Å²) in [6, 6.07) is 1.38. The summed E-state index contributed by atoms with van der Waals surface area (Å²) in [7, 11) is 1.04. The molecule has 0 aliphatic heterocycles. The minimum absolute atomic E-state index is 0.521. The normalized spacial score (nSPS) is 9.70. The summed E-state index contributed by atoms with van der Waals surface area (Å²) in [5.74, 6) is -2.76. The van der Waals surface area contributed by atoms with Crippen LogP contribution in [-0.4, -0.2) is 28.9 Å². The maximum atomic E-state index is 11.6. The Morgan fingerprint density at radius 3 is 2.15 bits per heavy atom. The highest BCUT2D eigenvalue weighted by Crippen LogP contribution is 2.35. The number of carbonyl (C=O) groups excluding carboxylic acids is 2. The van der Waals surface area contributed by atoms with Crippen LogP contribution in [0, 0.1) is 20.2 Å². The van der Waals surface area contributed by atoms with Crippen molar-refractivity contribution >= 4 is 23.3 Å². The lowest BCUT2D eigenvalue weighted by Gasteiger charge is -2.07. The average Bonchev–Trinajstić information content (AvgIpc) is 2.35. The van der Waals surface area contributed by atoms with Crippen molar-refractivity contribution in [1.29, 1.82) is 0 Å². The monoisotopic (exact) mass is 284 g/mol. The first kappa shape index (κ1) is 15.0. The third-order valence-electron chi connectivity index (χ3n) is 2.12. The average molecular weight is 284 g/mol. The van der Waals surface area contributed by atoms with Crippen LogP contribution in [0.1, 0.15) is 17.3 Å². The lowest BCUT2D eigenvalue weighted by molar-refractivity contribution is -0.394. The van der Waals surface area contributed by atoms with E-state index in [1.165, 1.54) is 0 Å². The van der Waals surface area contributed by atoms with Crippen molar-refractivity contribution in [2.45, 2.75) is 6.92 Å². The molecule has 0 spiro atoms. The minimum atomic E-state index is -1.28. The van der Waals surface area contributed by atoms with Crippen molar-refractivity contribution in [2.75, 3.05) is 7.11 Å². The largest absolute Gasteiger partial charge is 0.490 e. The zero-order valence-electron chi connectivity index (χ0n) is 10.3. The summed E-state index contributed by atoms with van der Waals surface area (Å²) in [6.45, 7) is 0.941. The zero-order chi connectivity index (χ0) is 15.4. The van der Waals surface area contributed by atoms with E-state index in [-0.39, 0.29) is 0 Å². The van der Waals surface area contributed by atoms with E-state index in [1.54, 1.807) is 0 Å². The second-order valence-corrected chi connectivity index (χ2v) is 3.44. The van der Waals surface area contributed by atoms with Crippen molar-refractivity contribution in [2.24, 2.45) is 0 Å². The number of carbonyl (C=O) groups is 2. The molecule has 0 aliphatic rings. The van der Waals surface area contributed by atoms with Crippen molar-refractivity contribution in [3.8, 4) is 5.75 Å². The van der Waals surface area contributed by atoms with Crippen LogP contribution in [0.15, 0.2) is 12.1 Å². The van der Waals surface area contributed by atoms with Crippen molar-refractivity contribution in [1.82, 2.24) is 0 Å². The van der Waals surface area contributed by atoms with Crippen LogP contribution in [0.25, 0.3) is 0 Å². The fraction of sp³-hybridized carbons (Fsp3) is 0.200. The number of methoxy groups -OCH3 is 1. The number of nitro groups is 2. The molecule has 0 aromatic heterocycles. The summed E-state index contributed by atoms with van der Waals surface area (Å²) in [5, 5.41) is 21.5. The molecule has 0 fully saturated rings. The first-order valence-corrected chi connectivity index (χ1v) is 5.01. The molecular formula is C10H8N2O8. The highest BCUT2D eigenvalue weighted by molar-refractivity contribution is 6.00. The van der Waals surface area contributed by atoms with Gasteiger partial charge in [0.2, 0.25) is 5.75 Å². The van der Waals surface area contributed by atoms with Crippen LogP contribution >= 0.6 is 0 Å². The van der Waals surface area contributed by atoms with E-state index in [4.69, 9.17) is 4.74 Å². The van der Waals surface area contributed by atoms with E-state index >= 15 is 0 Å². The van der Waals surface area contributed by atoms with E-state index < -0.39 is 44.5 Å². The molecule has 10 heteroatoms. The molecule has 0 radical (unpaired) electrons. The third kappa shape index (κ3) is 3.04.